The Balaban J connectivity index is 1.52. The van der Waals surface area contributed by atoms with Crippen LogP contribution >= 0.6 is 11.3 Å². The molecule has 0 aliphatic carbocycles. The molecule has 1 aromatic heterocycles. The molecule has 0 radical (unpaired) electrons. The molecule has 1 aliphatic rings. The number of ketones is 1. The number of carbonyl (C=O) groups is 2. The van der Waals surface area contributed by atoms with E-state index in [1.54, 1.807) is 0 Å². The van der Waals surface area contributed by atoms with E-state index < -0.39 is 0 Å². The predicted molar refractivity (Wildman–Crippen MR) is 88.9 cm³/mol. The Morgan fingerprint density at radius 1 is 1.05 bits per heavy atom. The van der Waals surface area contributed by atoms with Gasteiger partial charge < -0.3 is 4.90 Å². The van der Waals surface area contributed by atoms with Crippen molar-refractivity contribution in [3.05, 3.63) is 64.4 Å². The zero-order valence-electron chi connectivity index (χ0n) is 12.2. The van der Waals surface area contributed by atoms with Crippen LogP contribution in [0.25, 0.3) is 5.57 Å². The molecular formula is C18H17NO2S. The Kier molecular flexibility index (Phi) is 4.49. The molecule has 0 spiro atoms. The van der Waals surface area contributed by atoms with Gasteiger partial charge in [-0.1, -0.05) is 42.5 Å². The number of carbonyl (C=O) groups excluding carboxylic acids is 2. The Morgan fingerprint density at radius 3 is 2.59 bits per heavy atom. The fraction of sp³-hybridized carbons (Fsp3) is 0.222. The van der Waals surface area contributed by atoms with Crippen molar-refractivity contribution in [2.75, 3.05) is 13.1 Å². The van der Waals surface area contributed by atoms with Crippen molar-refractivity contribution < 1.29 is 9.59 Å². The van der Waals surface area contributed by atoms with Gasteiger partial charge in [0.1, 0.15) is 0 Å². The lowest BCUT2D eigenvalue weighted by Crippen LogP contribution is -2.29. The van der Waals surface area contributed by atoms with Crippen LogP contribution in [-0.2, 0) is 4.79 Å². The summed E-state index contributed by atoms with van der Waals surface area (Å²) < 4.78 is 0. The summed E-state index contributed by atoms with van der Waals surface area (Å²) in [5.74, 6) is 0.103. The van der Waals surface area contributed by atoms with Crippen LogP contribution in [0, 0.1) is 0 Å². The Morgan fingerprint density at radius 2 is 1.86 bits per heavy atom. The maximum Gasteiger partial charge on any atom is 0.223 e. The summed E-state index contributed by atoms with van der Waals surface area (Å²) in [6, 6.07) is 13.8. The topological polar surface area (TPSA) is 37.4 Å². The van der Waals surface area contributed by atoms with E-state index in [0.717, 1.165) is 10.4 Å². The highest BCUT2D eigenvalue weighted by Crippen LogP contribution is 2.21. The molecule has 0 saturated heterocycles. The second-order valence-corrected chi connectivity index (χ2v) is 6.22. The van der Waals surface area contributed by atoms with Gasteiger partial charge >= 0.3 is 0 Å². The molecule has 0 atom stereocenters. The third-order valence-electron chi connectivity index (χ3n) is 3.78. The lowest BCUT2D eigenvalue weighted by atomic mass is 10.1. The van der Waals surface area contributed by atoms with Crippen LogP contribution in [0.2, 0.25) is 0 Å². The maximum absolute atomic E-state index is 12.2. The molecular weight excluding hydrogens is 294 g/mol. The van der Waals surface area contributed by atoms with Crippen LogP contribution in [0.5, 0.6) is 0 Å². The highest BCUT2D eigenvalue weighted by molar-refractivity contribution is 7.12. The van der Waals surface area contributed by atoms with E-state index in [1.807, 2.05) is 40.6 Å². The number of hydrogen-bond donors (Lipinski definition) is 0. The van der Waals surface area contributed by atoms with Gasteiger partial charge in [0.15, 0.2) is 5.78 Å². The molecule has 1 aromatic carbocycles. The molecule has 1 amide bonds. The first-order valence-corrected chi connectivity index (χ1v) is 8.21. The van der Waals surface area contributed by atoms with E-state index in [0.29, 0.717) is 13.1 Å². The van der Waals surface area contributed by atoms with Crippen molar-refractivity contribution in [3.8, 4) is 0 Å². The molecule has 0 saturated carbocycles. The number of hydrogen-bond acceptors (Lipinski definition) is 3. The second kappa shape index (κ2) is 6.71. The van der Waals surface area contributed by atoms with Gasteiger partial charge in [0.25, 0.3) is 0 Å². The molecule has 1 aliphatic heterocycles. The van der Waals surface area contributed by atoms with Crippen molar-refractivity contribution in [3.63, 3.8) is 0 Å². The largest absolute Gasteiger partial charge is 0.335 e. The Hall–Kier alpha value is -2.20. The molecule has 3 nitrogen and oxygen atoms in total. The number of amides is 1. The number of benzene rings is 1. The van der Waals surface area contributed by atoms with Gasteiger partial charge in [-0.2, -0.15) is 0 Å². The highest BCUT2D eigenvalue weighted by atomic mass is 32.1. The summed E-state index contributed by atoms with van der Waals surface area (Å²) >= 11 is 1.43. The fourth-order valence-corrected chi connectivity index (χ4v) is 3.24. The average Bonchev–Trinajstić information content (AvgIpc) is 3.24. The Bertz CT molecular complexity index is 689. The van der Waals surface area contributed by atoms with Gasteiger partial charge in [-0.25, -0.2) is 0 Å². The number of nitrogens with zero attached hydrogens (tertiary/aromatic N) is 1. The van der Waals surface area contributed by atoms with Crippen LogP contribution in [0.4, 0.5) is 0 Å². The van der Waals surface area contributed by atoms with E-state index >= 15 is 0 Å². The molecule has 22 heavy (non-hydrogen) atoms. The molecule has 0 unspecified atom stereocenters. The molecule has 0 bridgehead atoms. The summed E-state index contributed by atoms with van der Waals surface area (Å²) in [7, 11) is 0. The number of Topliss-reactive ketones (excluding diaryl/α,β-unsaturated/α-hetero) is 1. The molecule has 3 rings (SSSR count). The summed E-state index contributed by atoms with van der Waals surface area (Å²) in [4.78, 5) is 26.7. The molecule has 4 heteroatoms. The number of rotatable bonds is 5. The van der Waals surface area contributed by atoms with Crippen LogP contribution in [0.15, 0.2) is 53.9 Å². The first-order chi connectivity index (χ1) is 10.7. The van der Waals surface area contributed by atoms with Crippen molar-refractivity contribution in [1.82, 2.24) is 4.90 Å². The highest BCUT2D eigenvalue weighted by Gasteiger charge is 2.21. The molecule has 0 N–H and O–H groups in total. The smallest absolute Gasteiger partial charge is 0.223 e. The van der Waals surface area contributed by atoms with Gasteiger partial charge in [-0.3, -0.25) is 9.59 Å². The minimum absolute atomic E-state index is 0.0482. The van der Waals surface area contributed by atoms with E-state index in [4.69, 9.17) is 0 Å². The maximum atomic E-state index is 12.2. The Labute approximate surface area is 133 Å². The van der Waals surface area contributed by atoms with Crippen molar-refractivity contribution in [2.45, 2.75) is 12.8 Å². The summed E-state index contributed by atoms with van der Waals surface area (Å²) in [5.41, 5.74) is 2.34. The quantitative estimate of drug-likeness (QED) is 0.791. The normalized spacial score (nSPS) is 14.0. The third-order valence-corrected chi connectivity index (χ3v) is 4.69. The van der Waals surface area contributed by atoms with E-state index in [1.165, 1.54) is 16.9 Å². The second-order valence-electron chi connectivity index (χ2n) is 5.27. The molecule has 112 valence electrons. The van der Waals surface area contributed by atoms with Crippen molar-refractivity contribution in [1.29, 1.82) is 0 Å². The van der Waals surface area contributed by atoms with E-state index in [-0.39, 0.29) is 24.5 Å². The number of thiophene rings is 1. The molecule has 0 fully saturated rings. The average molecular weight is 311 g/mol. The summed E-state index contributed by atoms with van der Waals surface area (Å²) in [6.07, 6.45) is 2.66. The SMILES string of the molecule is O=C(CCC(=O)N1CC=C(c2ccccc2)C1)c1cccs1. The van der Waals surface area contributed by atoms with Crippen molar-refractivity contribution >= 4 is 28.6 Å². The van der Waals surface area contributed by atoms with Gasteiger partial charge in [0.2, 0.25) is 5.91 Å². The van der Waals surface area contributed by atoms with Crippen LogP contribution in [0.3, 0.4) is 0 Å². The minimum Gasteiger partial charge on any atom is -0.335 e. The minimum atomic E-state index is 0.0482. The van der Waals surface area contributed by atoms with Gasteiger partial charge in [0, 0.05) is 25.9 Å². The third kappa shape index (κ3) is 3.34. The van der Waals surface area contributed by atoms with Crippen molar-refractivity contribution in [2.24, 2.45) is 0 Å². The fourth-order valence-electron chi connectivity index (χ4n) is 2.55. The van der Waals surface area contributed by atoms with Crippen LogP contribution in [0.1, 0.15) is 28.1 Å². The van der Waals surface area contributed by atoms with E-state index in [2.05, 4.69) is 18.2 Å². The monoisotopic (exact) mass is 311 g/mol. The van der Waals surface area contributed by atoms with Gasteiger partial charge in [-0.15, -0.1) is 11.3 Å². The van der Waals surface area contributed by atoms with Gasteiger partial charge in [-0.05, 0) is 22.6 Å². The standard InChI is InChI=1S/C18H17NO2S/c20-16(17-7-4-12-22-17)8-9-18(21)19-11-10-15(13-19)14-5-2-1-3-6-14/h1-7,10,12H,8-9,11,13H2. The van der Waals surface area contributed by atoms with Gasteiger partial charge in [0.05, 0.1) is 4.88 Å². The summed E-state index contributed by atoms with van der Waals surface area (Å²) in [5, 5.41) is 1.88. The first kappa shape index (κ1) is 14.7. The van der Waals surface area contributed by atoms with E-state index in [9.17, 15) is 9.59 Å². The molecule has 2 aromatic rings. The lowest BCUT2D eigenvalue weighted by molar-refractivity contribution is -0.129. The predicted octanol–water partition coefficient (Wildman–Crippen LogP) is 3.64. The van der Waals surface area contributed by atoms with Crippen LogP contribution < -0.4 is 0 Å². The zero-order valence-corrected chi connectivity index (χ0v) is 13.0. The summed E-state index contributed by atoms with van der Waals surface area (Å²) in [6.45, 7) is 1.27. The zero-order chi connectivity index (χ0) is 15.4. The first-order valence-electron chi connectivity index (χ1n) is 7.33. The van der Waals surface area contributed by atoms with Crippen LogP contribution in [-0.4, -0.2) is 29.7 Å². The molecule has 2 heterocycles. The lowest BCUT2D eigenvalue weighted by Gasteiger charge is -2.16.